The quantitative estimate of drug-likeness (QED) is 0.170. The first-order valence-electron chi connectivity index (χ1n) is 14.6. The van der Waals surface area contributed by atoms with Gasteiger partial charge in [0, 0.05) is 16.0 Å². The summed E-state index contributed by atoms with van der Waals surface area (Å²) in [6, 6.07) is 21.8. The minimum absolute atomic E-state index is 0.195. The Balaban J connectivity index is 0.00000204. The second-order valence-corrected chi connectivity index (χ2v) is 12.0. The first kappa shape index (κ1) is 32.6. The first-order chi connectivity index (χ1) is 22.3. The number of aromatic nitrogens is 4. The van der Waals surface area contributed by atoms with Gasteiger partial charge in [0.1, 0.15) is 10.6 Å². The third-order valence-electron chi connectivity index (χ3n) is 7.30. The normalized spacial score (nSPS) is 10.9. The molecular formula is C34H31BrN4O6S. The molecule has 0 saturated heterocycles. The van der Waals surface area contributed by atoms with E-state index in [1.165, 1.54) is 18.4 Å². The molecule has 236 valence electrons. The highest BCUT2D eigenvalue weighted by Crippen LogP contribution is 2.30. The fraction of sp³-hybridized carbons (Fsp3) is 0.206. The lowest BCUT2D eigenvalue weighted by molar-refractivity contribution is 0.0968. The lowest BCUT2D eigenvalue weighted by atomic mass is 9.98. The number of fused-ring (bicyclic) bond motifs is 1. The largest absolute Gasteiger partial charge is 0.496 e. The molecule has 0 unspecified atom stereocenters. The Bertz CT molecular complexity index is 2210. The van der Waals surface area contributed by atoms with Gasteiger partial charge in [-0.2, -0.15) is 0 Å². The third kappa shape index (κ3) is 6.44. The molecule has 0 fully saturated rings. The standard InChI is InChI=1S/C32H25BrN4O6S.C2H6/c1-3-21-15-24-29(39)36(17-26(38)20-12-13-27(42-2)25(33)14-20)32(41)37(30(24)44-21)16-18-8-10-19(11-9-18)22-6-4-5-7-23(22)28-34-31(40)43-35-28;1-2/h4-15H,3,16-17H2,1-2H3,(H,34,35,40);1-2H3. The molecular weight excluding hydrogens is 672 g/mol. The minimum Gasteiger partial charge on any atom is -0.496 e. The molecule has 46 heavy (non-hydrogen) atoms. The van der Waals surface area contributed by atoms with Crippen LogP contribution in [0.25, 0.3) is 32.7 Å². The molecule has 0 atom stereocenters. The van der Waals surface area contributed by atoms with Crippen LogP contribution in [0.3, 0.4) is 0 Å². The van der Waals surface area contributed by atoms with Gasteiger partial charge in [0.25, 0.3) is 5.56 Å². The number of halogens is 1. The molecule has 6 rings (SSSR count). The Morgan fingerprint density at radius 3 is 2.33 bits per heavy atom. The Morgan fingerprint density at radius 1 is 0.978 bits per heavy atom. The van der Waals surface area contributed by atoms with Crippen LogP contribution in [0.15, 0.2) is 96.2 Å². The molecule has 12 heteroatoms. The monoisotopic (exact) mass is 702 g/mol. The number of nitrogens with one attached hydrogen (secondary N) is 1. The second kappa shape index (κ2) is 14.1. The number of aromatic amines is 1. The molecule has 6 aromatic rings. The van der Waals surface area contributed by atoms with Gasteiger partial charge >= 0.3 is 11.4 Å². The minimum atomic E-state index is -0.637. The lowest BCUT2D eigenvalue weighted by Crippen LogP contribution is -2.41. The number of ether oxygens (including phenoxy) is 1. The van der Waals surface area contributed by atoms with Gasteiger partial charge in [-0.1, -0.05) is 74.5 Å². The molecule has 3 heterocycles. The molecule has 0 bridgehead atoms. The fourth-order valence-corrected chi connectivity index (χ4v) is 6.66. The molecule has 3 aromatic carbocycles. The van der Waals surface area contributed by atoms with Crippen molar-refractivity contribution in [2.24, 2.45) is 0 Å². The summed E-state index contributed by atoms with van der Waals surface area (Å²) in [5.74, 6) is -0.121. The second-order valence-electron chi connectivity index (χ2n) is 10.0. The Hall–Kier alpha value is -4.81. The molecule has 0 aliphatic rings. The zero-order chi connectivity index (χ0) is 33.0. The van der Waals surface area contributed by atoms with E-state index in [4.69, 9.17) is 4.74 Å². The van der Waals surface area contributed by atoms with Gasteiger partial charge in [-0.15, -0.1) is 11.3 Å². The predicted molar refractivity (Wildman–Crippen MR) is 183 cm³/mol. The number of methoxy groups -OCH3 is 1. The molecule has 0 aliphatic heterocycles. The van der Waals surface area contributed by atoms with Crippen molar-refractivity contribution in [3.63, 3.8) is 0 Å². The molecule has 0 radical (unpaired) electrons. The molecule has 0 spiro atoms. The summed E-state index contributed by atoms with van der Waals surface area (Å²) >= 11 is 4.79. The van der Waals surface area contributed by atoms with Gasteiger partial charge in [0.05, 0.1) is 30.1 Å². The van der Waals surface area contributed by atoms with Gasteiger partial charge in [-0.3, -0.25) is 28.2 Å². The fourth-order valence-electron chi connectivity index (χ4n) is 5.04. The van der Waals surface area contributed by atoms with Crippen LogP contribution in [0.1, 0.15) is 41.6 Å². The van der Waals surface area contributed by atoms with Crippen LogP contribution in [0, 0.1) is 0 Å². The van der Waals surface area contributed by atoms with E-state index in [9.17, 15) is 19.2 Å². The highest BCUT2D eigenvalue weighted by atomic mass is 79.9. The number of hydrogen-bond acceptors (Lipinski definition) is 8. The number of rotatable bonds is 9. The van der Waals surface area contributed by atoms with Crippen molar-refractivity contribution in [1.82, 2.24) is 19.3 Å². The van der Waals surface area contributed by atoms with E-state index in [1.54, 1.807) is 28.8 Å². The molecule has 0 amide bonds. The van der Waals surface area contributed by atoms with E-state index < -0.39 is 23.5 Å². The molecule has 3 aromatic heterocycles. The van der Waals surface area contributed by atoms with Crippen molar-refractivity contribution in [3.8, 4) is 28.3 Å². The van der Waals surface area contributed by atoms with E-state index >= 15 is 0 Å². The third-order valence-corrected chi connectivity index (χ3v) is 9.22. The summed E-state index contributed by atoms with van der Waals surface area (Å²) < 4.78 is 13.1. The van der Waals surface area contributed by atoms with E-state index in [0.717, 1.165) is 26.1 Å². The van der Waals surface area contributed by atoms with Crippen molar-refractivity contribution >= 4 is 43.3 Å². The zero-order valence-corrected chi connectivity index (χ0v) is 28.0. The molecule has 1 N–H and O–H groups in total. The number of Topliss-reactive ketones (excluding diaryl/α,β-unsaturated/α-hetero) is 1. The van der Waals surface area contributed by atoms with Gasteiger partial charge in [-0.05, 0) is 63.3 Å². The summed E-state index contributed by atoms with van der Waals surface area (Å²) in [7, 11) is 1.53. The number of thiophene rings is 1. The number of benzene rings is 3. The highest BCUT2D eigenvalue weighted by molar-refractivity contribution is 9.10. The number of nitrogens with zero attached hydrogens (tertiary/aromatic N) is 3. The highest BCUT2D eigenvalue weighted by Gasteiger charge is 2.20. The molecule has 0 saturated carbocycles. The maximum Gasteiger partial charge on any atom is 0.439 e. The van der Waals surface area contributed by atoms with Crippen LogP contribution in [0.5, 0.6) is 5.75 Å². The Kier molecular flexibility index (Phi) is 9.98. The van der Waals surface area contributed by atoms with Crippen LogP contribution in [-0.4, -0.2) is 32.2 Å². The van der Waals surface area contributed by atoms with Crippen molar-refractivity contribution in [2.45, 2.75) is 40.3 Å². The summed E-state index contributed by atoms with van der Waals surface area (Å²) in [5.41, 5.74) is 2.54. The number of aryl methyl sites for hydroxylation is 1. The molecule has 10 nitrogen and oxygen atoms in total. The SMILES string of the molecule is CC.CCc1cc2c(=O)n(CC(=O)c3ccc(OC)c(Br)c3)c(=O)n(Cc3ccc(-c4ccccc4-c4noc(=O)[nH]4)cc3)c2s1. The number of carbonyl (C=O) groups is 1. The van der Waals surface area contributed by atoms with Gasteiger partial charge in [-0.25, -0.2) is 9.59 Å². The summed E-state index contributed by atoms with van der Waals surface area (Å²) in [5, 5.41) is 4.23. The topological polar surface area (TPSA) is 129 Å². The average molecular weight is 704 g/mol. The number of H-pyrrole nitrogens is 1. The maximum atomic E-state index is 13.8. The van der Waals surface area contributed by atoms with Gasteiger partial charge < -0.3 is 4.74 Å². The predicted octanol–water partition coefficient (Wildman–Crippen LogP) is 6.53. The number of hydrogen-bond donors (Lipinski definition) is 1. The van der Waals surface area contributed by atoms with Crippen molar-refractivity contribution in [3.05, 3.63) is 125 Å². The molecule has 0 aliphatic carbocycles. The van der Waals surface area contributed by atoms with E-state index in [1.807, 2.05) is 69.3 Å². The lowest BCUT2D eigenvalue weighted by Gasteiger charge is -2.13. The van der Waals surface area contributed by atoms with Crippen LogP contribution in [0.2, 0.25) is 0 Å². The van der Waals surface area contributed by atoms with Gasteiger partial charge in [0.2, 0.25) is 0 Å². The van der Waals surface area contributed by atoms with E-state index in [2.05, 4.69) is 30.6 Å². The van der Waals surface area contributed by atoms with E-state index in [0.29, 0.717) is 43.8 Å². The van der Waals surface area contributed by atoms with Crippen LogP contribution in [-0.2, 0) is 19.5 Å². The maximum absolute atomic E-state index is 13.8. The summed E-state index contributed by atoms with van der Waals surface area (Å²) in [6.45, 7) is 5.78. The van der Waals surface area contributed by atoms with Crippen LogP contribution >= 0.6 is 27.3 Å². The van der Waals surface area contributed by atoms with Crippen molar-refractivity contribution in [1.29, 1.82) is 0 Å². The smallest absolute Gasteiger partial charge is 0.439 e. The Labute approximate surface area is 276 Å². The van der Waals surface area contributed by atoms with Crippen molar-refractivity contribution < 1.29 is 14.1 Å². The van der Waals surface area contributed by atoms with E-state index in [-0.39, 0.29) is 12.3 Å². The van der Waals surface area contributed by atoms with Crippen LogP contribution < -0.4 is 21.7 Å². The zero-order valence-electron chi connectivity index (χ0n) is 25.6. The number of carbonyl (C=O) groups excluding carboxylic acids is 1. The Morgan fingerprint density at radius 2 is 1.70 bits per heavy atom. The first-order valence-corrected chi connectivity index (χ1v) is 16.3. The van der Waals surface area contributed by atoms with Gasteiger partial charge in [0.15, 0.2) is 11.6 Å². The summed E-state index contributed by atoms with van der Waals surface area (Å²) in [4.78, 5) is 56.2. The van der Waals surface area contributed by atoms with Crippen LogP contribution in [0.4, 0.5) is 0 Å². The summed E-state index contributed by atoms with van der Waals surface area (Å²) in [6.07, 6.45) is 0.705. The average Bonchev–Trinajstić information content (AvgIpc) is 3.73. The van der Waals surface area contributed by atoms with Crippen molar-refractivity contribution in [2.75, 3.05) is 7.11 Å². The number of ketones is 1.